The first-order valence-corrected chi connectivity index (χ1v) is 12.5. The highest BCUT2D eigenvalue weighted by molar-refractivity contribution is 7.98. The lowest BCUT2D eigenvalue weighted by Crippen LogP contribution is -2.40. The van der Waals surface area contributed by atoms with Gasteiger partial charge in [-0.25, -0.2) is 0 Å². The number of aliphatic imine (C=N–C) groups is 1. The quantitative estimate of drug-likeness (QED) is 0.312. The number of likely N-dealkylation sites (tertiary alicyclic amines) is 1. The lowest BCUT2D eigenvalue weighted by molar-refractivity contribution is 0.458. The molecule has 1 atom stereocenters. The minimum absolute atomic E-state index is 0.595. The van der Waals surface area contributed by atoms with E-state index in [2.05, 4.69) is 66.6 Å². The van der Waals surface area contributed by atoms with E-state index < -0.39 is 0 Å². The maximum absolute atomic E-state index is 4.54. The summed E-state index contributed by atoms with van der Waals surface area (Å²) in [6.45, 7) is 3.01. The van der Waals surface area contributed by atoms with Crippen molar-refractivity contribution in [2.75, 3.05) is 32.9 Å². The molecule has 1 aliphatic heterocycles. The second-order valence-electron chi connectivity index (χ2n) is 8.33. The molecule has 0 spiro atoms. The third-order valence-electron chi connectivity index (χ3n) is 6.44. The summed E-state index contributed by atoms with van der Waals surface area (Å²) in [4.78, 5) is 6.93. The summed E-state index contributed by atoms with van der Waals surface area (Å²) in [5, 5.41) is 13.6. The lowest BCUT2D eigenvalue weighted by atomic mass is 9.99. The van der Waals surface area contributed by atoms with Crippen molar-refractivity contribution in [2.45, 2.75) is 62.1 Å². The maximum Gasteiger partial charge on any atom is 0.193 e. The number of nitrogens with one attached hydrogen (secondary N) is 1. The zero-order valence-corrected chi connectivity index (χ0v) is 19.1. The summed E-state index contributed by atoms with van der Waals surface area (Å²) >= 11 is 1.71. The molecule has 4 rings (SSSR count). The summed E-state index contributed by atoms with van der Waals surface area (Å²) in [6.07, 6.45) is 10.5. The maximum atomic E-state index is 4.54. The normalized spacial score (nSPS) is 20.3. The number of hydrogen-bond donors (Lipinski definition) is 1. The Balaban J connectivity index is 1.28. The number of rotatable bonds is 7. The van der Waals surface area contributed by atoms with Crippen molar-refractivity contribution in [3.05, 3.63) is 41.7 Å². The molecule has 1 saturated heterocycles. The fourth-order valence-corrected chi connectivity index (χ4v) is 5.45. The number of aryl methyl sites for hydroxylation is 1. The standard InChI is InChI=1S/C23H34N6S/c1-24-22(28-16-14-19(17-28)18-9-4-3-5-10-18)25-15-8-13-21-26-27-23(30-2)29(21)20-11-6-7-12-20/h3-5,9-10,19-20H,6-8,11-17H2,1-2H3,(H,24,25). The van der Waals surface area contributed by atoms with E-state index in [4.69, 9.17) is 0 Å². The topological polar surface area (TPSA) is 58.3 Å². The van der Waals surface area contributed by atoms with Crippen molar-refractivity contribution in [3.63, 3.8) is 0 Å². The Labute approximate surface area is 184 Å². The van der Waals surface area contributed by atoms with E-state index in [9.17, 15) is 0 Å². The van der Waals surface area contributed by atoms with Crippen LogP contribution in [0.5, 0.6) is 0 Å². The van der Waals surface area contributed by atoms with Gasteiger partial charge in [0.05, 0.1) is 0 Å². The monoisotopic (exact) mass is 426 g/mol. The van der Waals surface area contributed by atoms with E-state index in [1.807, 2.05) is 7.05 Å². The molecule has 0 bridgehead atoms. The largest absolute Gasteiger partial charge is 0.356 e. The highest BCUT2D eigenvalue weighted by Crippen LogP contribution is 2.33. The minimum atomic E-state index is 0.595. The molecule has 162 valence electrons. The Hall–Kier alpha value is -2.02. The molecule has 1 aliphatic carbocycles. The van der Waals surface area contributed by atoms with Crippen molar-refractivity contribution in [3.8, 4) is 0 Å². The Morgan fingerprint density at radius 2 is 1.97 bits per heavy atom. The smallest absolute Gasteiger partial charge is 0.193 e. The average molecular weight is 427 g/mol. The number of hydrogen-bond acceptors (Lipinski definition) is 4. The first-order valence-electron chi connectivity index (χ1n) is 11.3. The summed E-state index contributed by atoms with van der Waals surface area (Å²) in [6, 6.07) is 11.4. The molecular weight excluding hydrogens is 392 g/mol. The van der Waals surface area contributed by atoms with E-state index in [-0.39, 0.29) is 0 Å². The highest BCUT2D eigenvalue weighted by atomic mass is 32.2. The predicted octanol–water partition coefficient (Wildman–Crippen LogP) is 4.11. The average Bonchev–Trinajstić information content (AvgIpc) is 3.54. The number of guanidine groups is 1. The molecule has 1 aromatic heterocycles. The summed E-state index contributed by atoms with van der Waals surface area (Å²) in [7, 11) is 1.89. The third-order valence-corrected chi connectivity index (χ3v) is 7.08. The van der Waals surface area contributed by atoms with Crippen LogP contribution in [0.25, 0.3) is 0 Å². The fourth-order valence-electron chi connectivity index (χ4n) is 4.88. The van der Waals surface area contributed by atoms with Crippen LogP contribution in [0.15, 0.2) is 40.5 Å². The summed E-state index contributed by atoms with van der Waals surface area (Å²) in [5.74, 6) is 2.77. The summed E-state index contributed by atoms with van der Waals surface area (Å²) < 4.78 is 2.41. The van der Waals surface area contributed by atoms with Gasteiger partial charge in [-0.15, -0.1) is 10.2 Å². The molecule has 2 aliphatic rings. The molecule has 2 aromatic rings. The zero-order chi connectivity index (χ0) is 20.8. The van der Waals surface area contributed by atoms with E-state index in [0.717, 1.165) is 49.4 Å². The number of nitrogens with zero attached hydrogens (tertiary/aromatic N) is 5. The van der Waals surface area contributed by atoms with Crippen LogP contribution in [0.1, 0.15) is 61.9 Å². The zero-order valence-electron chi connectivity index (χ0n) is 18.3. The molecule has 0 amide bonds. The van der Waals surface area contributed by atoms with Gasteiger partial charge in [0.25, 0.3) is 0 Å². The van der Waals surface area contributed by atoms with Crippen LogP contribution in [-0.2, 0) is 6.42 Å². The lowest BCUT2D eigenvalue weighted by Gasteiger charge is -2.22. The second kappa shape index (κ2) is 10.3. The Morgan fingerprint density at radius 3 is 2.70 bits per heavy atom. The minimum Gasteiger partial charge on any atom is -0.356 e. The van der Waals surface area contributed by atoms with Crippen molar-refractivity contribution in [1.29, 1.82) is 0 Å². The highest BCUT2D eigenvalue weighted by Gasteiger charge is 2.26. The van der Waals surface area contributed by atoms with Gasteiger partial charge >= 0.3 is 0 Å². The first kappa shape index (κ1) is 21.2. The SMILES string of the molecule is CN=C(NCCCc1nnc(SC)n1C1CCCC1)N1CCC(c2ccccc2)C1. The molecule has 2 fully saturated rings. The second-order valence-corrected chi connectivity index (χ2v) is 9.10. The van der Waals surface area contributed by atoms with Gasteiger partial charge in [0, 0.05) is 45.1 Å². The van der Waals surface area contributed by atoms with Crippen molar-refractivity contribution < 1.29 is 0 Å². The molecule has 6 nitrogen and oxygen atoms in total. The van der Waals surface area contributed by atoms with Crippen LogP contribution in [0.3, 0.4) is 0 Å². The van der Waals surface area contributed by atoms with E-state index >= 15 is 0 Å². The number of aromatic nitrogens is 3. The van der Waals surface area contributed by atoms with Crippen molar-refractivity contribution in [1.82, 2.24) is 25.0 Å². The molecule has 1 unspecified atom stereocenters. The molecule has 1 saturated carbocycles. The van der Waals surface area contributed by atoms with Crippen molar-refractivity contribution in [2.24, 2.45) is 4.99 Å². The van der Waals surface area contributed by atoms with Crippen LogP contribution < -0.4 is 5.32 Å². The summed E-state index contributed by atoms with van der Waals surface area (Å²) in [5.41, 5.74) is 1.44. The van der Waals surface area contributed by atoms with Crippen LogP contribution in [0, 0.1) is 0 Å². The molecule has 1 aromatic carbocycles. The number of benzene rings is 1. The number of thioether (sulfide) groups is 1. The van der Waals surface area contributed by atoms with Gasteiger partial charge in [0.15, 0.2) is 11.1 Å². The van der Waals surface area contributed by atoms with Gasteiger partial charge in [-0.2, -0.15) is 0 Å². The Morgan fingerprint density at radius 1 is 1.17 bits per heavy atom. The van der Waals surface area contributed by atoms with Crippen LogP contribution >= 0.6 is 11.8 Å². The Kier molecular flexibility index (Phi) is 7.31. The van der Waals surface area contributed by atoms with Gasteiger partial charge in [0.2, 0.25) is 0 Å². The van der Waals surface area contributed by atoms with Gasteiger partial charge < -0.3 is 14.8 Å². The van der Waals surface area contributed by atoms with Gasteiger partial charge in [-0.1, -0.05) is 54.9 Å². The molecular formula is C23H34N6S. The predicted molar refractivity (Wildman–Crippen MR) is 124 cm³/mol. The molecule has 30 heavy (non-hydrogen) atoms. The molecule has 1 N–H and O–H groups in total. The Bertz CT molecular complexity index is 827. The molecule has 7 heteroatoms. The van der Waals surface area contributed by atoms with E-state index in [0.29, 0.717) is 12.0 Å². The van der Waals surface area contributed by atoms with E-state index in [1.54, 1.807) is 11.8 Å². The third kappa shape index (κ3) is 4.82. The van der Waals surface area contributed by atoms with Crippen molar-refractivity contribution >= 4 is 17.7 Å². The first-order chi connectivity index (χ1) is 14.8. The molecule has 0 radical (unpaired) electrons. The van der Waals surface area contributed by atoms with Crippen LogP contribution in [-0.4, -0.2) is 58.6 Å². The van der Waals surface area contributed by atoms with Gasteiger partial charge in [-0.3, -0.25) is 4.99 Å². The van der Waals surface area contributed by atoms with E-state index in [1.165, 1.54) is 37.7 Å². The van der Waals surface area contributed by atoms with Crippen LogP contribution in [0.2, 0.25) is 0 Å². The molecule has 2 heterocycles. The van der Waals surface area contributed by atoms with Gasteiger partial charge in [-0.05, 0) is 37.5 Å². The van der Waals surface area contributed by atoms with Gasteiger partial charge in [0.1, 0.15) is 5.82 Å². The fraction of sp³-hybridized carbons (Fsp3) is 0.609. The van der Waals surface area contributed by atoms with Crippen LogP contribution in [0.4, 0.5) is 0 Å².